The molecule has 4 rings (SSSR count). The average Bonchev–Trinajstić information content (AvgIpc) is 2.92. The number of sulfonamides is 1. The Morgan fingerprint density at radius 1 is 0.947 bits per heavy atom. The van der Waals surface area contributed by atoms with Crippen molar-refractivity contribution in [3.05, 3.63) is 82.3 Å². The summed E-state index contributed by atoms with van der Waals surface area (Å²) >= 11 is 12.3. The normalized spacial score (nSPS) is 14.5. The molecule has 1 amide bonds. The van der Waals surface area contributed by atoms with Crippen LogP contribution in [0.5, 0.6) is 11.5 Å². The van der Waals surface area contributed by atoms with Crippen LogP contribution in [-0.2, 0) is 10.0 Å². The molecule has 1 saturated heterocycles. The Hall–Kier alpha value is -2.78. The van der Waals surface area contributed by atoms with Gasteiger partial charge < -0.3 is 9.64 Å². The van der Waals surface area contributed by atoms with E-state index >= 15 is 0 Å². The minimum absolute atomic E-state index is 0.0242. The summed E-state index contributed by atoms with van der Waals surface area (Å²) in [7, 11) is -3.99. The second kappa shape index (κ2) is 12.4. The molecule has 1 heterocycles. The summed E-state index contributed by atoms with van der Waals surface area (Å²) in [5.74, 6) is 0.651. The number of rotatable bonds is 9. The number of piperazine rings is 1. The van der Waals surface area contributed by atoms with E-state index < -0.39 is 10.0 Å². The van der Waals surface area contributed by atoms with Crippen LogP contribution in [0.15, 0.2) is 71.6 Å². The Balaban J connectivity index is 1.49. The van der Waals surface area contributed by atoms with E-state index in [9.17, 15) is 13.2 Å². The predicted molar refractivity (Wildman–Crippen MR) is 152 cm³/mol. The molecular weight excluding hydrogens is 545 g/mol. The lowest BCUT2D eigenvalue weighted by atomic mass is 10.1. The molecule has 1 fully saturated rings. The number of benzene rings is 3. The fraction of sp³-hybridized carbons (Fsp3) is 0.321. The Morgan fingerprint density at radius 2 is 1.61 bits per heavy atom. The standard InChI is InChI=1S/C28H31Cl2N3O4S/c1-3-21(4-2)32-15-17-33(18-16-32)28(34)24-19-20(29)9-14-26(24)31-38(35,36)23-12-10-22(11-13-23)37-27-8-6-5-7-25(27)30/h5-14,19,21,31H,3-4,15-18H2,1-2H3. The molecule has 1 aliphatic rings. The average molecular weight is 577 g/mol. The third kappa shape index (κ3) is 6.61. The van der Waals surface area contributed by atoms with Gasteiger partial charge in [0.05, 0.1) is 21.2 Å². The van der Waals surface area contributed by atoms with Gasteiger partial charge in [-0.25, -0.2) is 8.42 Å². The summed E-state index contributed by atoms with van der Waals surface area (Å²) in [5.41, 5.74) is 0.397. The first-order chi connectivity index (χ1) is 18.2. The van der Waals surface area contributed by atoms with Crippen LogP contribution < -0.4 is 9.46 Å². The number of hydrogen-bond acceptors (Lipinski definition) is 5. The topological polar surface area (TPSA) is 79.0 Å². The van der Waals surface area contributed by atoms with Crippen molar-refractivity contribution >= 4 is 44.8 Å². The van der Waals surface area contributed by atoms with E-state index in [1.165, 1.54) is 24.3 Å². The van der Waals surface area contributed by atoms with Crippen molar-refractivity contribution < 1.29 is 17.9 Å². The zero-order valence-corrected chi connectivity index (χ0v) is 23.7. The predicted octanol–water partition coefficient (Wildman–Crippen LogP) is 6.53. The molecule has 7 nitrogen and oxygen atoms in total. The van der Waals surface area contributed by atoms with Crippen molar-refractivity contribution in [3.63, 3.8) is 0 Å². The van der Waals surface area contributed by atoms with Crippen molar-refractivity contribution in [1.29, 1.82) is 0 Å². The van der Waals surface area contributed by atoms with Gasteiger partial charge in [-0.15, -0.1) is 0 Å². The number of halogens is 2. The lowest BCUT2D eigenvalue weighted by Crippen LogP contribution is -2.51. The second-order valence-electron chi connectivity index (χ2n) is 9.10. The zero-order chi connectivity index (χ0) is 27.3. The van der Waals surface area contributed by atoms with E-state index in [1.54, 1.807) is 47.4 Å². The van der Waals surface area contributed by atoms with E-state index in [2.05, 4.69) is 23.5 Å². The Kier molecular flexibility index (Phi) is 9.20. The molecule has 10 heteroatoms. The Bertz CT molecular complexity index is 1370. The van der Waals surface area contributed by atoms with E-state index in [-0.39, 0.29) is 22.1 Å². The number of carbonyl (C=O) groups is 1. The van der Waals surface area contributed by atoms with Crippen molar-refractivity contribution in [3.8, 4) is 11.5 Å². The van der Waals surface area contributed by atoms with Crippen molar-refractivity contribution in [1.82, 2.24) is 9.80 Å². The molecule has 0 aromatic heterocycles. The highest BCUT2D eigenvalue weighted by Crippen LogP contribution is 2.30. The molecule has 1 N–H and O–H groups in total. The van der Waals surface area contributed by atoms with Crippen LogP contribution >= 0.6 is 23.2 Å². The van der Waals surface area contributed by atoms with E-state index in [0.29, 0.717) is 40.7 Å². The second-order valence-corrected chi connectivity index (χ2v) is 11.6. The molecule has 0 atom stereocenters. The molecule has 3 aromatic rings. The highest BCUT2D eigenvalue weighted by Gasteiger charge is 2.27. The van der Waals surface area contributed by atoms with E-state index in [1.807, 2.05) is 0 Å². The first-order valence-corrected chi connectivity index (χ1v) is 14.8. The fourth-order valence-corrected chi connectivity index (χ4v) is 6.02. The summed E-state index contributed by atoms with van der Waals surface area (Å²) in [6.45, 7) is 7.05. The van der Waals surface area contributed by atoms with Gasteiger partial charge in [0.1, 0.15) is 11.5 Å². The summed E-state index contributed by atoms with van der Waals surface area (Å²) in [6.07, 6.45) is 2.13. The summed E-state index contributed by atoms with van der Waals surface area (Å²) in [6, 6.07) is 18.1. The van der Waals surface area contributed by atoms with Crippen LogP contribution in [-0.4, -0.2) is 56.3 Å². The van der Waals surface area contributed by atoms with Crippen molar-refractivity contribution in [2.24, 2.45) is 0 Å². The zero-order valence-electron chi connectivity index (χ0n) is 21.4. The highest BCUT2D eigenvalue weighted by atomic mass is 35.5. The van der Waals surface area contributed by atoms with Crippen molar-refractivity contribution in [2.45, 2.75) is 37.6 Å². The molecule has 38 heavy (non-hydrogen) atoms. The van der Waals surface area contributed by atoms with Crippen LogP contribution in [0.1, 0.15) is 37.0 Å². The number of nitrogens with zero attached hydrogens (tertiary/aromatic N) is 2. The minimum atomic E-state index is -3.99. The lowest BCUT2D eigenvalue weighted by molar-refractivity contribution is 0.0560. The van der Waals surface area contributed by atoms with Gasteiger partial charge in [-0.05, 0) is 67.4 Å². The van der Waals surface area contributed by atoms with Gasteiger partial charge in [0.15, 0.2) is 0 Å². The largest absolute Gasteiger partial charge is 0.456 e. The SMILES string of the molecule is CCC(CC)N1CCN(C(=O)c2cc(Cl)ccc2NS(=O)(=O)c2ccc(Oc3ccccc3Cl)cc2)CC1. The molecule has 0 radical (unpaired) electrons. The van der Waals surface area contributed by atoms with Crippen LogP contribution in [0.25, 0.3) is 0 Å². The van der Waals surface area contributed by atoms with Crippen LogP contribution in [0, 0.1) is 0 Å². The maximum atomic E-state index is 13.4. The van der Waals surface area contributed by atoms with Gasteiger partial charge in [0.25, 0.3) is 15.9 Å². The summed E-state index contributed by atoms with van der Waals surface area (Å²) in [4.78, 5) is 17.6. The van der Waals surface area contributed by atoms with Gasteiger partial charge >= 0.3 is 0 Å². The third-order valence-electron chi connectivity index (χ3n) is 6.72. The van der Waals surface area contributed by atoms with Crippen LogP contribution in [0.2, 0.25) is 10.0 Å². The number of hydrogen-bond donors (Lipinski definition) is 1. The number of para-hydroxylation sites is 1. The quantitative estimate of drug-likeness (QED) is 0.313. The van der Waals surface area contributed by atoms with Gasteiger partial charge in [0, 0.05) is 37.2 Å². The third-order valence-corrected chi connectivity index (χ3v) is 8.64. The number of ether oxygens (including phenoxy) is 1. The lowest BCUT2D eigenvalue weighted by Gasteiger charge is -2.39. The summed E-state index contributed by atoms with van der Waals surface area (Å²) < 4.78 is 34.7. The Labute approximate surface area is 234 Å². The summed E-state index contributed by atoms with van der Waals surface area (Å²) in [5, 5.41) is 0.802. The monoisotopic (exact) mass is 575 g/mol. The molecule has 1 aliphatic heterocycles. The molecule has 0 unspecified atom stereocenters. The first kappa shape index (κ1) is 28.2. The number of nitrogens with one attached hydrogen (secondary N) is 1. The molecule has 0 aliphatic carbocycles. The van der Waals surface area contributed by atoms with Crippen molar-refractivity contribution in [2.75, 3.05) is 30.9 Å². The smallest absolute Gasteiger partial charge is 0.261 e. The minimum Gasteiger partial charge on any atom is -0.456 e. The van der Waals surface area contributed by atoms with E-state index in [4.69, 9.17) is 27.9 Å². The van der Waals surface area contributed by atoms with Gasteiger partial charge in [-0.1, -0.05) is 49.2 Å². The van der Waals surface area contributed by atoms with Gasteiger partial charge in [0.2, 0.25) is 0 Å². The number of amides is 1. The van der Waals surface area contributed by atoms with Gasteiger partial charge in [-0.2, -0.15) is 0 Å². The maximum absolute atomic E-state index is 13.4. The van der Waals surface area contributed by atoms with Crippen LogP contribution in [0.4, 0.5) is 5.69 Å². The highest BCUT2D eigenvalue weighted by molar-refractivity contribution is 7.92. The molecule has 3 aromatic carbocycles. The van der Waals surface area contributed by atoms with E-state index in [0.717, 1.165) is 25.9 Å². The molecule has 0 bridgehead atoms. The Morgan fingerprint density at radius 3 is 2.24 bits per heavy atom. The molecule has 202 valence electrons. The first-order valence-electron chi connectivity index (χ1n) is 12.6. The molecule has 0 spiro atoms. The molecule has 0 saturated carbocycles. The van der Waals surface area contributed by atoms with Gasteiger partial charge in [-0.3, -0.25) is 14.4 Å². The fourth-order valence-electron chi connectivity index (χ4n) is 4.59. The van der Waals surface area contributed by atoms with Crippen LogP contribution in [0.3, 0.4) is 0 Å². The number of carbonyl (C=O) groups excluding carboxylic acids is 1. The molecular formula is C28H31Cl2N3O4S. The maximum Gasteiger partial charge on any atom is 0.261 e. The number of anilines is 1.